The number of hydrogen-bond acceptors (Lipinski definition) is 8. The first kappa shape index (κ1) is 21.1. The van der Waals surface area contributed by atoms with Gasteiger partial charge in [0.15, 0.2) is 0 Å². The van der Waals surface area contributed by atoms with Crippen molar-refractivity contribution in [1.82, 2.24) is 15.0 Å². The van der Waals surface area contributed by atoms with Crippen LogP contribution in [-0.2, 0) is 4.74 Å². The number of nitrogens with one attached hydrogen (secondary N) is 1. The number of carbonyl (C=O) groups excluding carboxylic acids is 1. The number of ether oxygens (including phenoxy) is 2. The van der Waals surface area contributed by atoms with Crippen molar-refractivity contribution in [2.24, 2.45) is 0 Å². The second-order valence-corrected chi connectivity index (χ2v) is 7.25. The second kappa shape index (κ2) is 9.31. The Morgan fingerprint density at radius 3 is 2.56 bits per heavy atom. The van der Waals surface area contributed by atoms with Crippen molar-refractivity contribution < 1.29 is 14.3 Å². The van der Waals surface area contributed by atoms with Crippen molar-refractivity contribution in [2.45, 2.75) is 32.4 Å². The molecule has 0 unspecified atom stereocenters. The number of para-hydroxylation sites is 1. The van der Waals surface area contributed by atoms with E-state index in [1.807, 2.05) is 74.5 Å². The van der Waals surface area contributed by atoms with Crippen molar-refractivity contribution in [3.05, 3.63) is 66.0 Å². The lowest BCUT2D eigenvalue weighted by atomic mass is 10.1. The third kappa shape index (κ3) is 4.59. The molecule has 4 rings (SSSR count). The summed E-state index contributed by atoms with van der Waals surface area (Å²) < 4.78 is 10.9. The Kier molecular flexibility index (Phi) is 6.12. The monoisotopic (exact) mass is 430 g/mol. The maximum atomic E-state index is 12.1. The normalized spacial score (nSPS) is 16.2. The molecule has 0 aliphatic carbocycles. The molecule has 0 bridgehead atoms. The number of nitrogens with zero attached hydrogens (tertiary/aromatic N) is 5. The Morgan fingerprint density at radius 1 is 1.16 bits per heavy atom. The first-order valence-corrected chi connectivity index (χ1v) is 10.3. The summed E-state index contributed by atoms with van der Waals surface area (Å²) in [6.45, 7) is 4.15. The van der Waals surface area contributed by atoms with E-state index in [2.05, 4.69) is 20.3 Å². The Morgan fingerprint density at radius 2 is 1.88 bits per heavy atom. The van der Waals surface area contributed by atoms with Gasteiger partial charge in [-0.3, -0.25) is 0 Å². The summed E-state index contributed by atoms with van der Waals surface area (Å²) in [5.74, 6) is 1.72. The molecular formula is C23H22N6O3. The second-order valence-electron chi connectivity index (χ2n) is 7.25. The topological polar surface area (TPSA) is 113 Å². The number of nitriles is 1. The van der Waals surface area contributed by atoms with Gasteiger partial charge in [0.1, 0.15) is 24.2 Å². The van der Waals surface area contributed by atoms with Crippen LogP contribution in [0.1, 0.15) is 37.7 Å². The van der Waals surface area contributed by atoms with Crippen LogP contribution >= 0.6 is 0 Å². The number of aromatic nitrogens is 3. The van der Waals surface area contributed by atoms with E-state index in [1.165, 1.54) is 4.90 Å². The van der Waals surface area contributed by atoms with Crippen LogP contribution in [0.15, 0.2) is 54.6 Å². The molecule has 2 heterocycles. The Hall–Kier alpha value is -4.19. The largest absolute Gasteiger partial charge is 0.457 e. The SMILES string of the molecule is CC[C@H]1COC(=O)N1c1nc(C#N)nc(N[C@@H](C)c2ccc(Oc3ccccc3)cc2)n1. The van der Waals surface area contributed by atoms with Crippen molar-refractivity contribution in [3.63, 3.8) is 0 Å². The van der Waals surface area contributed by atoms with E-state index >= 15 is 0 Å². The van der Waals surface area contributed by atoms with E-state index in [0.717, 1.165) is 17.1 Å². The van der Waals surface area contributed by atoms with E-state index < -0.39 is 6.09 Å². The van der Waals surface area contributed by atoms with Gasteiger partial charge in [-0.25, -0.2) is 9.69 Å². The minimum absolute atomic E-state index is 0.0779. The minimum Gasteiger partial charge on any atom is -0.457 e. The zero-order chi connectivity index (χ0) is 22.5. The van der Waals surface area contributed by atoms with E-state index in [0.29, 0.717) is 6.42 Å². The highest BCUT2D eigenvalue weighted by Gasteiger charge is 2.35. The molecule has 32 heavy (non-hydrogen) atoms. The standard InChI is InChI=1S/C23H22N6O3/c1-3-17-14-31-23(30)29(17)22-27-20(13-24)26-21(28-22)25-15(2)16-9-11-19(12-10-16)32-18-7-5-4-6-8-18/h4-12,15,17H,3,14H2,1-2H3,(H,25,26,27,28)/t15-,17-/m0/s1. The molecule has 0 spiro atoms. The summed E-state index contributed by atoms with van der Waals surface area (Å²) in [7, 11) is 0. The fraction of sp³-hybridized carbons (Fsp3) is 0.261. The number of hydrogen-bond donors (Lipinski definition) is 1. The van der Waals surface area contributed by atoms with E-state index in [-0.39, 0.29) is 36.4 Å². The highest BCUT2D eigenvalue weighted by molar-refractivity contribution is 5.88. The molecule has 1 amide bonds. The average molecular weight is 430 g/mol. The quantitative estimate of drug-likeness (QED) is 0.585. The van der Waals surface area contributed by atoms with Crippen LogP contribution in [0, 0.1) is 11.3 Å². The van der Waals surface area contributed by atoms with Crippen molar-refractivity contribution in [3.8, 4) is 17.6 Å². The van der Waals surface area contributed by atoms with Crippen LogP contribution in [-0.4, -0.2) is 33.7 Å². The molecule has 1 fully saturated rings. The number of cyclic esters (lactones) is 1. The van der Waals surface area contributed by atoms with Crippen molar-refractivity contribution in [2.75, 3.05) is 16.8 Å². The maximum Gasteiger partial charge on any atom is 0.417 e. The van der Waals surface area contributed by atoms with Gasteiger partial charge in [0.25, 0.3) is 0 Å². The fourth-order valence-electron chi connectivity index (χ4n) is 3.32. The molecule has 2 aromatic carbocycles. The predicted molar refractivity (Wildman–Crippen MR) is 117 cm³/mol. The number of carbonyl (C=O) groups is 1. The average Bonchev–Trinajstić information content (AvgIpc) is 3.20. The molecular weight excluding hydrogens is 408 g/mol. The van der Waals surface area contributed by atoms with Gasteiger partial charge >= 0.3 is 6.09 Å². The highest BCUT2D eigenvalue weighted by Crippen LogP contribution is 2.26. The van der Waals surface area contributed by atoms with Gasteiger partial charge in [0.2, 0.25) is 17.7 Å². The zero-order valence-corrected chi connectivity index (χ0v) is 17.7. The van der Waals surface area contributed by atoms with Crippen LogP contribution in [0.2, 0.25) is 0 Å². The molecule has 1 aromatic heterocycles. The summed E-state index contributed by atoms with van der Waals surface area (Å²) >= 11 is 0. The van der Waals surface area contributed by atoms with Gasteiger partial charge in [-0.05, 0) is 43.2 Å². The first-order valence-electron chi connectivity index (χ1n) is 10.3. The molecule has 1 N–H and O–H groups in total. The van der Waals surface area contributed by atoms with E-state index in [1.54, 1.807) is 0 Å². The lowest BCUT2D eigenvalue weighted by Gasteiger charge is -2.19. The summed E-state index contributed by atoms with van der Waals surface area (Å²) in [6.07, 6.45) is 0.149. The number of amides is 1. The van der Waals surface area contributed by atoms with Crippen molar-refractivity contribution in [1.29, 1.82) is 5.26 Å². The lowest BCUT2D eigenvalue weighted by molar-refractivity contribution is 0.178. The number of anilines is 2. The van der Waals surface area contributed by atoms with Gasteiger partial charge in [-0.15, -0.1) is 0 Å². The fourth-order valence-corrected chi connectivity index (χ4v) is 3.32. The van der Waals surface area contributed by atoms with E-state index in [9.17, 15) is 10.1 Å². The smallest absolute Gasteiger partial charge is 0.417 e. The van der Waals surface area contributed by atoms with Crippen molar-refractivity contribution >= 4 is 18.0 Å². The third-order valence-electron chi connectivity index (χ3n) is 5.08. The van der Waals surface area contributed by atoms with Gasteiger partial charge in [0.05, 0.1) is 12.1 Å². The van der Waals surface area contributed by atoms with Crippen LogP contribution in [0.3, 0.4) is 0 Å². The predicted octanol–water partition coefficient (Wildman–Crippen LogP) is 4.44. The van der Waals surface area contributed by atoms with Gasteiger partial charge in [-0.1, -0.05) is 37.3 Å². The molecule has 1 saturated heterocycles. The van der Waals surface area contributed by atoms with Crippen LogP contribution < -0.4 is 15.0 Å². The van der Waals surface area contributed by atoms with Crippen LogP contribution in [0.5, 0.6) is 11.5 Å². The van der Waals surface area contributed by atoms with Gasteiger partial charge in [-0.2, -0.15) is 20.2 Å². The molecule has 0 saturated carbocycles. The zero-order valence-electron chi connectivity index (χ0n) is 17.7. The summed E-state index contributed by atoms with van der Waals surface area (Å²) in [6, 6.07) is 18.8. The van der Waals surface area contributed by atoms with Gasteiger partial charge < -0.3 is 14.8 Å². The first-order chi connectivity index (χ1) is 15.6. The molecule has 9 heteroatoms. The lowest BCUT2D eigenvalue weighted by Crippen LogP contribution is -2.34. The van der Waals surface area contributed by atoms with Crippen LogP contribution in [0.25, 0.3) is 0 Å². The number of rotatable bonds is 7. The third-order valence-corrected chi connectivity index (χ3v) is 5.08. The Bertz CT molecular complexity index is 1130. The van der Waals surface area contributed by atoms with E-state index in [4.69, 9.17) is 9.47 Å². The Balaban J connectivity index is 1.51. The molecule has 9 nitrogen and oxygen atoms in total. The summed E-state index contributed by atoms with van der Waals surface area (Å²) in [5.41, 5.74) is 0.970. The highest BCUT2D eigenvalue weighted by atomic mass is 16.6. The molecule has 2 atom stereocenters. The molecule has 0 radical (unpaired) electrons. The molecule has 162 valence electrons. The molecule has 1 aliphatic heterocycles. The summed E-state index contributed by atoms with van der Waals surface area (Å²) in [5, 5.41) is 12.5. The maximum absolute atomic E-state index is 12.1. The molecule has 1 aliphatic rings. The minimum atomic E-state index is -0.528. The van der Waals surface area contributed by atoms with Crippen LogP contribution in [0.4, 0.5) is 16.7 Å². The number of benzene rings is 2. The summed E-state index contributed by atoms with van der Waals surface area (Å²) in [4.78, 5) is 26.1. The molecule has 3 aromatic rings. The Labute approximate surface area is 185 Å². The van der Waals surface area contributed by atoms with Gasteiger partial charge in [0, 0.05) is 0 Å².